The molecule has 0 atom stereocenters. The summed E-state index contributed by atoms with van der Waals surface area (Å²) in [5.41, 5.74) is 1.57. The molecule has 6 heteroatoms. The van der Waals surface area contributed by atoms with Crippen molar-refractivity contribution in [1.29, 1.82) is 0 Å². The third kappa shape index (κ3) is 3.33. The maximum atomic E-state index is 13.9. The van der Waals surface area contributed by atoms with Crippen LogP contribution in [0.4, 0.5) is 4.39 Å². The average molecular weight is 364 g/mol. The summed E-state index contributed by atoms with van der Waals surface area (Å²) in [6, 6.07) is 13.2. The molecule has 4 rings (SSSR count). The first-order valence-corrected chi connectivity index (χ1v) is 8.64. The van der Waals surface area contributed by atoms with Gasteiger partial charge < -0.3 is 14.3 Å². The molecule has 1 aliphatic rings. The first kappa shape index (κ1) is 17.0. The summed E-state index contributed by atoms with van der Waals surface area (Å²) in [7, 11) is 0. The number of hydrogen-bond acceptors (Lipinski definition) is 3. The Kier molecular flexibility index (Phi) is 4.46. The molecule has 0 saturated carbocycles. The molecule has 5 nitrogen and oxygen atoms in total. The van der Waals surface area contributed by atoms with Gasteiger partial charge in [-0.25, -0.2) is 4.39 Å². The third-order valence-electron chi connectivity index (χ3n) is 4.64. The fourth-order valence-corrected chi connectivity index (χ4v) is 3.21. The molecular weight excluding hydrogens is 347 g/mol. The fourth-order valence-electron chi connectivity index (χ4n) is 3.21. The lowest BCUT2D eigenvalue weighted by atomic mass is 9.98. The van der Waals surface area contributed by atoms with E-state index >= 15 is 0 Å². The number of hydrogen-bond donors (Lipinski definition) is 1. The Morgan fingerprint density at radius 2 is 1.96 bits per heavy atom. The highest BCUT2D eigenvalue weighted by Gasteiger charge is 2.22. The normalized spacial score (nSPS) is 14.1. The van der Waals surface area contributed by atoms with Crippen molar-refractivity contribution >= 4 is 11.5 Å². The fraction of sp³-hybridized carbons (Fsp3) is 0.143. The van der Waals surface area contributed by atoms with E-state index in [1.807, 2.05) is 6.08 Å². The summed E-state index contributed by atoms with van der Waals surface area (Å²) in [5.74, 6) is -0.0823. The number of carbonyl (C=O) groups is 1. The SMILES string of the molecule is O=C(c1ccc(-c2ccco2)[nH]c1=O)N1CC=C(c2ccccc2F)CC1. The zero-order chi connectivity index (χ0) is 18.8. The maximum Gasteiger partial charge on any atom is 0.261 e. The molecular formula is C21H17FN2O3. The number of aromatic amines is 1. The molecule has 0 fully saturated rings. The Bertz CT molecular complexity index is 1070. The van der Waals surface area contributed by atoms with Crippen LogP contribution in [0.3, 0.4) is 0 Å². The minimum absolute atomic E-state index is 0.0769. The van der Waals surface area contributed by atoms with Gasteiger partial charge in [0.05, 0.1) is 12.0 Å². The average Bonchev–Trinajstić information content (AvgIpc) is 3.23. The van der Waals surface area contributed by atoms with Gasteiger partial charge in [0, 0.05) is 18.7 Å². The number of pyridine rings is 1. The van der Waals surface area contributed by atoms with Crippen molar-refractivity contribution in [3.8, 4) is 11.5 Å². The van der Waals surface area contributed by atoms with Crippen LogP contribution in [0.2, 0.25) is 0 Å². The Morgan fingerprint density at radius 3 is 2.63 bits per heavy atom. The topological polar surface area (TPSA) is 66.3 Å². The Balaban J connectivity index is 1.53. The number of furan rings is 1. The summed E-state index contributed by atoms with van der Waals surface area (Å²) in [4.78, 5) is 29.3. The first-order valence-electron chi connectivity index (χ1n) is 8.64. The molecule has 2 aromatic heterocycles. The van der Waals surface area contributed by atoms with Gasteiger partial charge in [-0.1, -0.05) is 24.3 Å². The van der Waals surface area contributed by atoms with Gasteiger partial charge in [-0.3, -0.25) is 9.59 Å². The zero-order valence-electron chi connectivity index (χ0n) is 14.4. The van der Waals surface area contributed by atoms with Crippen LogP contribution in [0.5, 0.6) is 0 Å². The summed E-state index contributed by atoms with van der Waals surface area (Å²) in [6.07, 6.45) is 3.89. The zero-order valence-corrected chi connectivity index (χ0v) is 14.4. The van der Waals surface area contributed by atoms with Crippen LogP contribution in [0.25, 0.3) is 17.0 Å². The molecule has 1 amide bonds. The van der Waals surface area contributed by atoms with Gasteiger partial charge >= 0.3 is 0 Å². The lowest BCUT2D eigenvalue weighted by Crippen LogP contribution is -2.37. The Labute approximate surface area is 154 Å². The molecule has 136 valence electrons. The van der Waals surface area contributed by atoms with Crippen LogP contribution in [0.15, 0.2) is 70.1 Å². The highest BCUT2D eigenvalue weighted by Crippen LogP contribution is 2.25. The second-order valence-electron chi connectivity index (χ2n) is 6.30. The lowest BCUT2D eigenvalue weighted by Gasteiger charge is -2.26. The van der Waals surface area contributed by atoms with Crippen LogP contribution in [0.1, 0.15) is 22.3 Å². The van der Waals surface area contributed by atoms with Crippen molar-refractivity contribution in [2.45, 2.75) is 6.42 Å². The predicted molar refractivity (Wildman–Crippen MR) is 99.7 cm³/mol. The van der Waals surface area contributed by atoms with Crippen molar-refractivity contribution in [2.24, 2.45) is 0 Å². The molecule has 3 aromatic rings. The minimum Gasteiger partial charge on any atom is -0.463 e. The molecule has 1 aromatic carbocycles. The number of carbonyl (C=O) groups excluding carboxylic acids is 1. The van der Waals surface area contributed by atoms with E-state index < -0.39 is 5.56 Å². The molecule has 0 spiro atoms. The van der Waals surface area contributed by atoms with E-state index in [0.717, 1.165) is 5.57 Å². The number of rotatable bonds is 3. The van der Waals surface area contributed by atoms with Crippen molar-refractivity contribution in [3.63, 3.8) is 0 Å². The van der Waals surface area contributed by atoms with Gasteiger partial charge in [-0.15, -0.1) is 0 Å². The molecule has 0 radical (unpaired) electrons. The molecule has 3 heterocycles. The van der Waals surface area contributed by atoms with E-state index in [1.54, 1.807) is 41.3 Å². The van der Waals surface area contributed by atoms with Crippen LogP contribution in [-0.4, -0.2) is 28.9 Å². The standard InChI is InChI=1S/C21H17FN2O3/c22-17-5-2-1-4-15(17)14-9-11-24(12-10-14)21(26)16-7-8-18(23-20(16)25)19-6-3-13-27-19/h1-9,13H,10-12H2,(H,23,25). The summed E-state index contributed by atoms with van der Waals surface area (Å²) < 4.78 is 19.2. The highest BCUT2D eigenvalue weighted by molar-refractivity contribution is 5.94. The van der Waals surface area contributed by atoms with Gasteiger partial charge in [0.2, 0.25) is 0 Å². The quantitative estimate of drug-likeness (QED) is 0.771. The molecule has 0 aliphatic carbocycles. The number of amides is 1. The van der Waals surface area contributed by atoms with E-state index in [-0.39, 0.29) is 17.3 Å². The number of nitrogens with one attached hydrogen (secondary N) is 1. The van der Waals surface area contributed by atoms with Crippen molar-refractivity contribution in [1.82, 2.24) is 9.88 Å². The van der Waals surface area contributed by atoms with Crippen LogP contribution < -0.4 is 5.56 Å². The van der Waals surface area contributed by atoms with E-state index in [1.165, 1.54) is 18.4 Å². The van der Waals surface area contributed by atoms with E-state index in [4.69, 9.17) is 4.42 Å². The second kappa shape index (κ2) is 7.07. The van der Waals surface area contributed by atoms with Gasteiger partial charge in [-0.05, 0) is 42.3 Å². The van der Waals surface area contributed by atoms with Crippen LogP contribution in [0, 0.1) is 5.82 Å². The number of H-pyrrole nitrogens is 1. The molecule has 0 saturated heterocycles. The summed E-state index contributed by atoms with van der Waals surface area (Å²) in [6.45, 7) is 0.764. The van der Waals surface area contributed by atoms with Gasteiger partial charge in [0.25, 0.3) is 11.5 Å². The molecule has 27 heavy (non-hydrogen) atoms. The van der Waals surface area contributed by atoms with Gasteiger partial charge in [0.1, 0.15) is 17.1 Å². The summed E-state index contributed by atoms with van der Waals surface area (Å²) >= 11 is 0. The van der Waals surface area contributed by atoms with Gasteiger partial charge in [0.15, 0.2) is 0 Å². The van der Waals surface area contributed by atoms with Gasteiger partial charge in [-0.2, -0.15) is 0 Å². The number of nitrogens with zero attached hydrogens (tertiary/aromatic N) is 1. The maximum absolute atomic E-state index is 13.9. The van der Waals surface area contributed by atoms with E-state index in [9.17, 15) is 14.0 Å². The van der Waals surface area contributed by atoms with Crippen molar-refractivity contribution in [2.75, 3.05) is 13.1 Å². The number of benzene rings is 1. The molecule has 1 N–H and O–H groups in total. The second-order valence-corrected chi connectivity index (χ2v) is 6.30. The summed E-state index contributed by atoms with van der Waals surface area (Å²) in [5, 5.41) is 0. The lowest BCUT2D eigenvalue weighted by molar-refractivity contribution is 0.0771. The molecule has 0 unspecified atom stereocenters. The smallest absolute Gasteiger partial charge is 0.261 e. The first-order chi connectivity index (χ1) is 13.1. The Hall–Kier alpha value is -3.41. The van der Waals surface area contributed by atoms with Crippen LogP contribution >= 0.6 is 0 Å². The molecule has 0 bridgehead atoms. The number of halogens is 1. The van der Waals surface area contributed by atoms with E-state index in [2.05, 4.69) is 4.98 Å². The number of aromatic nitrogens is 1. The van der Waals surface area contributed by atoms with Crippen molar-refractivity contribution < 1.29 is 13.6 Å². The van der Waals surface area contributed by atoms with Crippen molar-refractivity contribution in [3.05, 3.63) is 88.2 Å². The minimum atomic E-state index is -0.460. The van der Waals surface area contributed by atoms with Crippen LogP contribution in [-0.2, 0) is 0 Å². The molecule has 1 aliphatic heterocycles. The highest BCUT2D eigenvalue weighted by atomic mass is 19.1. The third-order valence-corrected chi connectivity index (χ3v) is 4.64. The predicted octanol–water partition coefficient (Wildman–Crippen LogP) is 3.70. The van der Waals surface area contributed by atoms with E-state index in [0.29, 0.717) is 36.5 Å². The monoisotopic (exact) mass is 364 g/mol. The Morgan fingerprint density at radius 1 is 1.11 bits per heavy atom. The largest absolute Gasteiger partial charge is 0.463 e.